The van der Waals surface area contributed by atoms with Gasteiger partial charge in [0, 0.05) is 5.56 Å². The van der Waals surface area contributed by atoms with E-state index in [4.69, 9.17) is 9.52 Å². The fourth-order valence-electron chi connectivity index (χ4n) is 3.33. The highest BCUT2D eigenvalue weighted by Crippen LogP contribution is 2.29. The maximum Gasteiger partial charge on any atom is 0.335 e. The predicted molar refractivity (Wildman–Crippen MR) is 113 cm³/mol. The van der Waals surface area contributed by atoms with Crippen LogP contribution in [0.15, 0.2) is 77.2 Å². The first-order chi connectivity index (χ1) is 14.0. The molecule has 0 spiro atoms. The second-order valence-corrected chi connectivity index (χ2v) is 6.77. The van der Waals surface area contributed by atoms with Crippen molar-refractivity contribution in [3.05, 3.63) is 95.2 Å². The Morgan fingerprint density at radius 2 is 1.72 bits per heavy atom. The molecule has 4 heteroatoms. The van der Waals surface area contributed by atoms with Crippen LogP contribution >= 0.6 is 0 Å². The summed E-state index contributed by atoms with van der Waals surface area (Å²) in [7, 11) is 0. The second-order valence-electron chi connectivity index (χ2n) is 6.77. The van der Waals surface area contributed by atoms with Crippen molar-refractivity contribution in [1.82, 2.24) is 0 Å². The zero-order valence-electron chi connectivity index (χ0n) is 15.7. The summed E-state index contributed by atoms with van der Waals surface area (Å²) in [6.07, 6.45) is 1.72. The number of benzene rings is 3. The second kappa shape index (κ2) is 7.49. The van der Waals surface area contributed by atoms with Crippen LogP contribution in [0.4, 0.5) is 0 Å². The molecule has 0 atom stereocenters. The maximum absolute atomic E-state index is 11.1. The van der Waals surface area contributed by atoms with Gasteiger partial charge in [-0.25, -0.2) is 4.79 Å². The third-order valence-corrected chi connectivity index (χ3v) is 4.83. The summed E-state index contributed by atoms with van der Waals surface area (Å²) in [6.45, 7) is 1.84. The van der Waals surface area contributed by atoms with Crippen molar-refractivity contribution >= 4 is 28.4 Å². The number of carboxylic acids is 1. The van der Waals surface area contributed by atoms with Gasteiger partial charge in [0.1, 0.15) is 11.5 Å². The van der Waals surface area contributed by atoms with E-state index in [1.165, 1.54) is 0 Å². The molecule has 0 aliphatic rings. The fraction of sp³-hybridized carbons (Fsp3) is 0.0400. The largest absolute Gasteiger partial charge is 0.478 e. The Morgan fingerprint density at radius 1 is 0.966 bits per heavy atom. The van der Waals surface area contributed by atoms with Crippen LogP contribution in [0.2, 0.25) is 0 Å². The Morgan fingerprint density at radius 3 is 2.45 bits per heavy atom. The van der Waals surface area contributed by atoms with Gasteiger partial charge in [-0.15, -0.1) is 0 Å². The summed E-state index contributed by atoms with van der Waals surface area (Å²) < 4.78 is 5.92. The molecular weight excluding hydrogens is 362 g/mol. The molecule has 0 unspecified atom stereocenters. The van der Waals surface area contributed by atoms with E-state index in [0.717, 1.165) is 27.5 Å². The van der Waals surface area contributed by atoms with E-state index < -0.39 is 5.97 Å². The lowest BCUT2D eigenvalue weighted by Crippen LogP contribution is -1.96. The van der Waals surface area contributed by atoms with E-state index in [9.17, 15) is 10.1 Å². The molecule has 1 N–H and O–H groups in total. The molecule has 29 heavy (non-hydrogen) atoms. The molecule has 0 amide bonds. The minimum absolute atomic E-state index is 0.237. The number of nitriles is 1. The number of hydrogen-bond donors (Lipinski definition) is 1. The molecule has 1 heterocycles. The Labute approximate surface area is 168 Å². The number of carboxylic acid groups (broad SMARTS) is 1. The number of rotatable bonds is 4. The van der Waals surface area contributed by atoms with Gasteiger partial charge >= 0.3 is 5.97 Å². The number of fused-ring (bicyclic) bond motifs is 1. The zero-order valence-corrected chi connectivity index (χ0v) is 15.7. The van der Waals surface area contributed by atoms with E-state index in [0.29, 0.717) is 17.1 Å². The SMILES string of the molecule is Cc1cc(C(=O)O)ccc1-c1ccc(/C=C(/C#N)c2ccc3ccccc3c2)o1. The monoisotopic (exact) mass is 379 g/mol. The fourth-order valence-corrected chi connectivity index (χ4v) is 3.33. The highest BCUT2D eigenvalue weighted by atomic mass is 16.4. The average Bonchev–Trinajstić information content (AvgIpc) is 3.19. The Bertz CT molecular complexity index is 1310. The van der Waals surface area contributed by atoms with Gasteiger partial charge in [-0.05, 0) is 65.2 Å². The summed E-state index contributed by atoms with van der Waals surface area (Å²) in [5.41, 5.74) is 3.20. The summed E-state index contributed by atoms with van der Waals surface area (Å²) in [6, 6.07) is 24.7. The van der Waals surface area contributed by atoms with Crippen LogP contribution in [0, 0.1) is 18.3 Å². The zero-order chi connectivity index (χ0) is 20.4. The number of aromatic carboxylic acids is 1. The molecule has 3 aromatic carbocycles. The molecule has 0 saturated carbocycles. The molecule has 0 fully saturated rings. The molecule has 0 aliphatic heterocycles. The number of nitrogens with zero attached hydrogens (tertiary/aromatic N) is 1. The van der Waals surface area contributed by atoms with Gasteiger partial charge in [0.15, 0.2) is 0 Å². The molecule has 0 radical (unpaired) electrons. The minimum Gasteiger partial charge on any atom is -0.478 e. The topological polar surface area (TPSA) is 74.2 Å². The van der Waals surface area contributed by atoms with Crippen molar-refractivity contribution in [2.75, 3.05) is 0 Å². The molecule has 4 aromatic rings. The van der Waals surface area contributed by atoms with Gasteiger partial charge < -0.3 is 9.52 Å². The van der Waals surface area contributed by atoms with Gasteiger partial charge in [0.25, 0.3) is 0 Å². The summed E-state index contributed by atoms with van der Waals surface area (Å²) in [4.78, 5) is 11.1. The lowest BCUT2D eigenvalue weighted by atomic mass is 10.0. The normalized spacial score (nSPS) is 11.4. The smallest absolute Gasteiger partial charge is 0.335 e. The number of hydrogen-bond acceptors (Lipinski definition) is 3. The van der Waals surface area contributed by atoms with Gasteiger partial charge in [0.2, 0.25) is 0 Å². The summed E-state index contributed by atoms with van der Waals surface area (Å²) >= 11 is 0. The van der Waals surface area contributed by atoms with Crippen molar-refractivity contribution in [3.63, 3.8) is 0 Å². The number of allylic oxidation sites excluding steroid dienone is 1. The van der Waals surface area contributed by atoms with Crippen LogP contribution < -0.4 is 0 Å². The minimum atomic E-state index is -0.961. The summed E-state index contributed by atoms with van der Waals surface area (Å²) in [5, 5.41) is 21.0. The van der Waals surface area contributed by atoms with E-state index in [1.54, 1.807) is 30.3 Å². The lowest BCUT2D eigenvalue weighted by molar-refractivity contribution is 0.0697. The van der Waals surface area contributed by atoms with Crippen LogP contribution in [-0.4, -0.2) is 11.1 Å². The maximum atomic E-state index is 11.1. The van der Waals surface area contributed by atoms with E-state index in [-0.39, 0.29) is 5.56 Å². The molecule has 1 aromatic heterocycles. The molecule has 0 bridgehead atoms. The Balaban J connectivity index is 1.68. The van der Waals surface area contributed by atoms with Gasteiger partial charge in [0.05, 0.1) is 17.2 Å². The van der Waals surface area contributed by atoms with Crippen LogP contribution in [0.1, 0.15) is 27.2 Å². The van der Waals surface area contributed by atoms with E-state index in [1.807, 2.05) is 55.5 Å². The van der Waals surface area contributed by atoms with Crippen molar-refractivity contribution in [2.24, 2.45) is 0 Å². The molecule has 4 rings (SSSR count). The van der Waals surface area contributed by atoms with Crippen LogP contribution in [0.3, 0.4) is 0 Å². The van der Waals surface area contributed by atoms with Crippen LogP contribution in [0.25, 0.3) is 33.7 Å². The third-order valence-electron chi connectivity index (χ3n) is 4.83. The molecule has 0 aliphatic carbocycles. The number of furan rings is 1. The number of carbonyl (C=O) groups is 1. The molecule has 4 nitrogen and oxygen atoms in total. The highest BCUT2D eigenvalue weighted by molar-refractivity contribution is 5.94. The predicted octanol–water partition coefficient (Wildman–Crippen LogP) is 6.17. The first-order valence-electron chi connectivity index (χ1n) is 9.10. The first kappa shape index (κ1) is 18.3. The molecule has 0 saturated heterocycles. The third kappa shape index (κ3) is 3.67. The van der Waals surface area contributed by atoms with Crippen LogP contribution in [-0.2, 0) is 0 Å². The van der Waals surface area contributed by atoms with Crippen LogP contribution in [0.5, 0.6) is 0 Å². The quantitative estimate of drug-likeness (QED) is 0.430. The van der Waals surface area contributed by atoms with E-state index >= 15 is 0 Å². The standard InChI is InChI=1S/C25H17NO3/c1-16-12-20(25(27)28)8-10-23(16)24-11-9-22(29-24)14-21(15-26)19-7-6-17-4-2-3-5-18(17)13-19/h2-14H,1H3,(H,27,28)/b21-14-. The lowest BCUT2D eigenvalue weighted by Gasteiger charge is -2.04. The Hall–Kier alpha value is -4.10. The molecular formula is C25H17NO3. The first-order valence-corrected chi connectivity index (χ1v) is 9.10. The highest BCUT2D eigenvalue weighted by Gasteiger charge is 2.11. The van der Waals surface area contributed by atoms with E-state index in [2.05, 4.69) is 6.07 Å². The van der Waals surface area contributed by atoms with Gasteiger partial charge in [-0.2, -0.15) is 5.26 Å². The van der Waals surface area contributed by atoms with Gasteiger partial charge in [-0.1, -0.05) is 42.5 Å². The average molecular weight is 379 g/mol. The van der Waals surface area contributed by atoms with Crippen molar-refractivity contribution in [2.45, 2.75) is 6.92 Å². The van der Waals surface area contributed by atoms with Crippen molar-refractivity contribution < 1.29 is 14.3 Å². The number of aryl methyl sites for hydroxylation is 1. The Kier molecular flexibility index (Phi) is 4.72. The molecule has 140 valence electrons. The summed E-state index contributed by atoms with van der Waals surface area (Å²) in [5.74, 6) is 0.227. The van der Waals surface area contributed by atoms with Crippen molar-refractivity contribution in [3.8, 4) is 17.4 Å². The van der Waals surface area contributed by atoms with Gasteiger partial charge in [-0.3, -0.25) is 0 Å². The van der Waals surface area contributed by atoms with Crippen molar-refractivity contribution in [1.29, 1.82) is 5.26 Å².